The Morgan fingerprint density at radius 2 is 2.06 bits per heavy atom. The number of nitrogens with two attached hydrogens (primary N) is 1. The van der Waals surface area contributed by atoms with Crippen molar-refractivity contribution in [2.75, 3.05) is 5.73 Å². The molecule has 17 heavy (non-hydrogen) atoms. The van der Waals surface area contributed by atoms with Crippen LogP contribution in [0, 0.1) is 0 Å². The summed E-state index contributed by atoms with van der Waals surface area (Å²) in [5, 5.41) is 7.90. The lowest BCUT2D eigenvalue weighted by molar-refractivity contribution is 0.869. The lowest BCUT2D eigenvalue weighted by Crippen LogP contribution is -1.93. The van der Waals surface area contributed by atoms with Gasteiger partial charge in [-0.05, 0) is 18.1 Å². The molecule has 0 fully saturated rings. The number of hydrogen-bond donors (Lipinski definition) is 3. The highest BCUT2D eigenvalue weighted by molar-refractivity contribution is 5.83. The quantitative estimate of drug-likeness (QED) is 0.636. The van der Waals surface area contributed by atoms with Crippen LogP contribution < -0.4 is 5.73 Å². The molecule has 0 aliphatic rings. The topological polar surface area (TPSA) is 83.4 Å². The van der Waals surface area contributed by atoms with Crippen molar-refractivity contribution in [1.82, 2.24) is 20.2 Å². The van der Waals surface area contributed by atoms with E-state index in [0.717, 1.165) is 18.7 Å². The van der Waals surface area contributed by atoms with Gasteiger partial charge in [-0.15, -0.1) is 5.10 Å². The Labute approximate surface area is 98.1 Å². The fourth-order valence-electron chi connectivity index (χ4n) is 2.01. The van der Waals surface area contributed by atoms with Crippen LogP contribution >= 0.6 is 0 Å². The molecule has 0 saturated carbocycles. The Morgan fingerprint density at radius 1 is 1.18 bits per heavy atom. The number of fused-ring (bicyclic) bond motifs is 1. The Kier molecular flexibility index (Phi) is 2.29. The zero-order valence-electron chi connectivity index (χ0n) is 9.27. The normalized spacial score (nSPS) is 11.1. The van der Waals surface area contributed by atoms with Gasteiger partial charge >= 0.3 is 0 Å². The van der Waals surface area contributed by atoms with Crippen molar-refractivity contribution < 1.29 is 0 Å². The van der Waals surface area contributed by atoms with E-state index in [-0.39, 0.29) is 0 Å². The highest BCUT2D eigenvalue weighted by atomic mass is 15.3. The molecule has 0 bridgehead atoms. The lowest BCUT2D eigenvalue weighted by Gasteiger charge is -1.96. The molecule has 5 heteroatoms. The number of aromatic nitrogens is 4. The first-order valence-electron chi connectivity index (χ1n) is 5.54. The standard InChI is InChI=1S/C12H13N5/c13-12-15-11(16-17-12)6-5-8-7-14-10-4-2-1-3-9(8)10/h1-4,7,14H,5-6H2,(H3,13,15,16,17). The molecule has 0 saturated heterocycles. The van der Waals surface area contributed by atoms with E-state index in [1.807, 2.05) is 18.3 Å². The fraction of sp³-hybridized carbons (Fsp3) is 0.167. The van der Waals surface area contributed by atoms with Crippen molar-refractivity contribution in [3.05, 3.63) is 41.9 Å². The Morgan fingerprint density at radius 3 is 2.88 bits per heavy atom. The number of aryl methyl sites for hydroxylation is 2. The van der Waals surface area contributed by atoms with Crippen molar-refractivity contribution in [2.45, 2.75) is 12.8 Å². The highest BCUT2D eigenvalue weighted by Crippen LogP contribution is 2.18. The van der Waals surface area contributed by atoms with E-state index in [0.29, 0.717) is 5.95 Å². The Balaban J connectivity index is 1.81. The van der Waals surface area contributed by atoms with E-state index in [9.17, 15) is 0 Å². The molecule has 3 aromatic rings. The first kappa shape index (κ1) is 9.89. The van der Waals surface area contributed by atoms with Crippen LogP contribution in [0.15, 0.2) is 30.5 Å². The maximum Gasteiger partial charge on any atom is 0.239 e. The summed E-state index contributed by atoms with van der Waals surface area (Å²) in [5.74, 6) is 1.13. The third-order valence-electron chi connectivity index (χ3n) is 2.86. The molecule has 3 rings (SSSR count). The summed E-state index contributed by atoms with van der Waals surface area (Å²) in [4.78, 5) is 7.35. The van der Waals surface area contributed by atoms with Crippen LogP contribution in [0.25, 0.3) is 10.9 Å². The number of nitrogens with zero attached hydrogens (tertiary/aromatic N) is 2. The minimum atomic E-state index is 0.305. The summed E-state index contributed by atoms with van der Waals surface area (Å²) in [7, 11) is 0. The van der Waals surface area contributed by atoms with Crippen molar-refractivity contribution in [3.8, 4) is 0 Å². The van der Waals surface area contributed by atoms with Gasteiger partial charge in [0.05, 0.1) is 0 Å². The zero-order valence-corrected chi connectivity index (χ0v) is 9.27. The van der Waals surface area contributed by atoms with Crippen molar-refractivity contribution >= 4 is 16.9 Å². The number of H-pyrrole nitrogens is 2. The Bertz CT molecular complexity index is 637. The molecule has 1 aromatic carbocycles. The summed E-state index contributed by atoms with van der Waals surface area (Å²) in [5.41, 5.74) is 7.91. The fourth-order valence-corrected chi connectivity index (χ4v) is 2.01. The number of hydrogen-bond acceptors (Lipinski definition) is 3. The average Bonchev–Trinajstić information content (AvgIpc) is 2.93. The monoisotopic (exact) mass is 227 g/mol. The van der Waals surface area contributed by atoms with Gasteiger partial charge in [0.15, 0.2) is 0 Å². The summed E-state index contributed by atoms with van der Waals surface area (Å²) in [6.07, 6.45) is 3.77. The molecule has 5 nitrogen and oxygen atoms in total. The van der Waals surface area contributed by atoms with Crippen molar-refractivity contribution in [3.63, 3.8) is 0 Å². The number of nitrogen functional groups attached to an aromatic ring is 1. The van der Waals surface area contributed by atoms with Gasteiger partial charge in [-0.25, -0.2) is 0 Å². The third-order valence-corrected chi connectivity index (χ3v) is 2.86. The van der Waals surface area contributed by atoms with E-state index in [1.54, 1.807) is 0 Å². The molecule has 86 valence electrons. The smallest absolute Gasteiger partial charge is 0.239 e. The number of rotatable bonds is 3. The molecule has 4 N–H and O–H groups in total. The van der Waals surface area contributed by atoms with Crippen LogP contribution in [0.2, 0.25) is 0 Å². The van der Waals surface area contributed by atoms with Crippen molar-refractivity contribution in [2.24, 2.45) is 0 Å². The summed E-state index contributed by atoms with van der Waals surface area (Å²) in [6.45, 7) is 0. The maximum atomic E-state index is 5.46. The molecule has 0 amide bonds. The van der Waals surface area contributed by atoms with Gasteiger partial charge in [0.25, 0.3) is 0 Å². The van der Waals surface area contributed by atoms with E-state index < -0.39 is 0 Å². The van der Waals surface area contributed by atoms with Gasteiger partial charge in [-0.3, -0.25) is 5.10 Å². The Hall–Kier alpha value is -2.30. The number of aromatic amines is 2. The van der Waals surface area contributed by atoms with E-state index in [4.69, 9.17) is 5.73 Å². The number of anilines is 1. The summed E-state index contributed by atoms with van der Waals surface area (Å²) in [6, 6.07) is 8.27. The largest absolute Gasteiger partial charge is 0.367 e. The zero-order chi connectivity index (χ0) is 11.7. The molecule has 0 radical (unpaired) electrons. The number of para-hydroxylation sites is 1. The van der Waals surface area contributed by atoms with E-state index in [1.165, 1.54) is 16.5 Å². The first-order chi connectivity index (χ1) is 8.33. The second-order valence-electron chi connectivity index (χ2n) is 4.00. The average molecular weight is 227 g/mol. The number of nitrogens with one attached hydrogen (secondary N) is 2. The summed E-state index contributed by atoms with van der Waals surface area (Å²) >= 11 is 0. The van der Waals surface area contributed by atoms with Crippen LogP contribution in [0.5, 0.6) is 0 Å². The third kappa shape index (κ3) is 1.87. The van der Waals surface area contributed by atoms with Crippen molar-refractivity contribution in [1.29, 1.82) is 0 Å². The van der Waals surface area contributed by atoms with Crippen LogP contribution in [0.1, 0.15) is 11.4 Å². The van der Waals surface area contributed by atoms with Gasteiger partial charge < -0.3 is 10.7 Å². The molecular weight excluding hydrogens is 214 g/mol. The van der Waals surface area contributed by atoms with Gasteiger partial charge in [-0.2, -0.15) is 4.98 Å². The second kappa shape index (κ2) is 3.93. The minimum absolute atomic E-state index is 0.305. The van der Waals surface area contributed by atoms with E-state index >= 15 is 0 Å². The molecular formula is C12H13N5. The molecule has 0 atom stereocenters. The predicted molar refractivity (Wildman–Crippen MR) is 66.5 cm³/mol. The van der Waals surface area contributed by atoms with Crippen LogP contribution in [0.3, 0.4) is 0 Å². The molecule has 0 aliphatic carbocycles. The van der Waals surface area contributed by atoms with Gasteiger partial charge in [0.2, 0.25) is 5.95 Å². The molecule has 0 aliphatic heterocycles. The molecule has 2 heterocycles. The van der Waals surface area contributed by atoms with Crippen LogP contribution in [0.4, 0.5) is 5.95 Å². The van der Waals surface area contributed by atoms with E-state index in [2.05, 4.69) is 32.3 Å². The molecule has 0 unspecified atom stereocenters. The van der Waals surface area contributed by atoms with Crippen LogP contribution in [-0.2, 0) is 12.8 Å². The van der Waals surface area contributed by atoms with Gasteiger partial charge in [0, 0.05) is 23.5 Å². The minimum Gasteiger partial charge on any atom is -0.367 e. The van der Waals surface area contributed by atoms with Gasteiger partial charge in [-0.1, -0.05) is 18.2 Å². The molecule has 2 aromatic heterocycles. The summed E-state index contributed by atoms with van der Waals surface area (Å²) < 4.78 is 0. The lowest BCUT2D eigenvalue weighted by atomic mass is 10.1. The highest BCUT2D eigenvalue weighted by Gasteiger charge is 2.05. The SMILES string of the molecule is Nc1n[nH]c(CCc2c[nH]c3ccccc23)n1. The van der Waals surface area contributed by atoms with Gasteiger partial charge in [0.1, 0.15) is 5.82 Å². The number of benzene rings is 1. The molecule has 0 spiro atoms. The van der Waals surface area contributed by atoms with Crippen LogP contribution in [-0.4, -0.2) is 20.2 Å². The maximum absolute atomic E-state index is 5.46. The second-order valence-corrected chi connectivity index (χ2v) is 4.00. The first-order valence-corrected chi connectivity index (χ1v) is 5.54. The predicted octanol–water partition coefficient (Wildman–Crippen LogP) is 1.65.